The average molecular weight is 367 g/mol. The first-order valence-electron chi connectivity index (χ1n) is 9.14. The number of hydrogen-bond acceptors (Lipinski definition) is 6. The maximum atomic E-state index is 11.5. The van der Waals surface area contributed by atoms with Crippen LogP contribution in [-0.4, -0.2) is 30.6 Å². The number of aromatic nitrogens is 5. The van der Waals surface area contributed by atoms with Crippen LogP contribution in [0.3, 0.4) is 0 Å². The number of fused-ring (bicyclic) bond motifs is 3. The fraction of sp³-hybridized carbons (Fsp3) is 0.389. The van der Waals surface area contributed by atoms with Gasteiger partial charge >= 0.3 is 0 Å². The van der Waals surface area contributed by atoms with Gasteiger partial charge in [0.05, 0.1) is 18.0 Å². The quantitative estimate of drug-likeness (QED) is 0.513. The fourth-order valence-corrected chi connectivity index (χ4v) is 3.54. The number of aromatic amines is 3. The van der Waals surface area contributed by atoms with Crippen molar-refractivity contribution in [3.63, 3.8) is 0 Å². The fourth-order valence-electron chi connectivity index (χ4n) is 3.54. The summed E-state index contributed by atoms with van der Waals surface area (Å²) in [5, 5.41) is 4.95. The van der Waals surface area contributed by atoms with E-state index in [1.807, 2.05) is 0 Å². The molecular weight excluding hydrogens is 346 g/mol. The second-order valence-electron chi connectivity index (χ2n) is 6.68. The number of hydrogen-bond donors (Lipinski definition) is 4. The van der Waals surface area contributed by atoms with Gasteiger partial charge in [-0.3, -0.25) is 15.0 Å². The lowest BCUT2D eigenvalue weighted by atomic mass is 10.2. The molecule has 0 aliphatic heterocycles. The van der Waals surface area contributed by atoms with Crippen LogP contribution in [0.2, 0.25) is 0 Å². The standard InChI is InChI=1S/C9H12N4O.C9H9N3O/c14-9-5-8(10-6-11-9)13-12-7-3-1-2-4-7;13-9-7-5-2-1-3-6(5)12-8(7)10-4-11-9/h5-6H,1-4H2,(H2,10,11,13,14);4H,1-3H2,(H2,10,11,12,13). The first-order valence-corrected chi connectivity index (χ1v) is 9.14. The Morgan fingerprint density at radius 2 is 1.78 bits per heavy atom. The lowest BCUT2D eigenvalue weighted by Gasteiger charge is -1.98. The van der Waals surface area contributed by atoms with Crippen molar-refractivity contribution in [3.05, 3.63) is 50.7 Å². The average Bonchev–Trinajstić information content (AvgIpc) is 3.38. The number of nitrogens with zero attached hydrogens (tertiary/aromatic N) is 3. The Labute approximate surface area is 154 Å². The van der Waals surface area contributed by atoms with Crippen molar-refractivity contribution >= 4 is 22.6 Å². The summed E-state index contributed by atoms with van der Waals surface area (Å²) >= 11 is 0. The molecule has 0 spiro atoms. The van der Waals surface area contributed by atoms with Crippen molar-refractivity contribution in [2.75, 3.05) is 5.43 Å². The lowest BCUT2D eigenvalue weighted by molar-refractivity contribution is 0.886. The molecule has 2 aliphatic carbocycles. The van der Waals surface area contributed by atoms with Crippen LogP contribution in [0, 0.1) is 0 Å². The number of nitrogens with one attached hydrogen (secondary N) is 4. The van der Waals surface area contributed by atoms with Gasteiger partial charge in [0.2, 0.25) is 0 Å². The maximum Gasteiger partial charge on any atom is 0.260 e. The third-order valence-corrected chi connectivity index (χ3v) is 4.83. The predicted molar refractivity (Wildman–Crippen MR) is 103 cm³/mol. The number of hydrazone groups is 1. The van der Waals surface area contributed by atoms with Crippen molar-refractivity contribution in [3.8, 4) is 0 Å². The van der Waals surface area contributed by atoms with E-state index in [9.17, 15) is 9.59 Å². The Bertz CT molecular complexity index is 1080. The molecule has 1 saturated carbocycles. The molecule has 0 radical (unpaired) electrons. The van der Waals surface area contributed by atoms with Gasteiger partial charge in [0.25, 0.3) is 11.1 Å². The lowest BCUT2D eigenvalue weighted by Crippen LogP contribution is -2.07. The Kier molecular flexibility index (Phi) is 4.82. The zero-order chi connectivity index (χ0) is 18.6. The van der Waals surface area contributed by atoms with E-state index in [0.717, 1.165) is 48.8 Å². The topological polar surface area (TPSA) is 132 Å². The highest BCUT2D eigenvalue weighted by Crippen LogP contribution is 2.26. The smallest absolute Gasteiger partial charge is 0.260 e. The minimum atomic E-state index is -0.172. The first-order chi connectivity index (χ1) is 13.2. The molecule has 3 aromatic rings. The van der Waals surface area contributed by atoms with E-state index in [4.69, 9.17) is 0 Å². The highest BCUT2D eigenvalue weighted by atomic mass is 16.1. The van der Waals surface area contributed by atoms with E-state index in [0.29, 0.717) is 5.82 Å². The summed E-state index contributed by atoms with van der Waals surface area (Å²) in [6.07, 6.45) is 10.5. The van der Waals surface area contributed by atoms with Crippen LogP contribution in [0.4, 0.5) is 5.82 Å². The molecule has 3 aromatic heterocycles. The van der Waals surface area contributed by atoms with Gasteiger partial charge in [0, 0.05) is 17.5 Å². The largest absolute Gasteiger partial charge is 0.343 e. The van der Waals surface area contributed by atoms with Crippen LogP contribution < -0.4 is 16.5 Å². The summed E-state index contributed by atoms with van der Waals surface area (Å²) in [6, 6.07) is 1.39. The molecule has 0 aromatic carbocycles. The minimum Gasteiger partial charge on any atom is -0.343 e. The van der Waals surface area contributed by atoms with Crippen LogP contribution in [0.1, 0.15) is 43.4 Å². The van der Waals surface area contributed by atoms with E-state index in [1.54, 1.807) is 0 Å². The molecule has 0 amide bonds. The van der Waals surface area contributed by atoms with Crippen molar-refractivity contribution in [1.29, 1.82) is 0 Å². The molecule has 0 unspecified atom stereocenters. The van der Waals surface area contributed by atoms with Gasteiger partial charge in [0.1, 0.15) is 5.65 Å². The molecule has 4 N–H and O–H groups in total. The molecular formula is C18H21N7O2. The molecule has 5 rings (SSSR count). The SMILES string of the molecule is O=c1[nH]cnc2[nH]c3c(c12)CCC3.O=c1cc(NN=C2CCCC2)nc[nH]1. The highest BCUT2D eigenvalue weighted by molar-refractivity contribution is 5.86. The molecule has 1 fully saturated rings. The monoisotopic (exact) mass is 367 g/mol. The van der Waals surface area contributed by atoms with Gasteiger partial charge in [-0.25, -0.2) is 9.97 Å². The molecule has 27 heavy (non-hydrogen) atoms. The van der Waals surface area contributed by atoms with Crippen molar-refractivity contribution < 1.29 is 0 Å². The number of anilines is 1. The zero-order valence-corrected chi connectivity index (χ0v) is 14.8. The summed E-state index contributed by atoms with van der Waals surface area (Å²) in [4.78, 5) is 38.6. The summed E-state index contributed by atoms with van der Waals surface area (Å²) in [7, 11) is 0. The molecule has 0 bridgehead atoms. The maximum absolute atomic E-state index is 11.5. The summed E-state index contributed by atoms with van der Waals surface area (Å²) in [5.41, 5.74) is 6.84. The van der Waals surface area contributed by atoms with E-state index < -0.39 is 0 Å². The molecule has 0 atom stereocenters. The molecule has 3 heterocycles. The minimum absolute atomic E-state index is 0.0237. The third-order valence-electron chi connectivity index (χ3n) is 4.83. The van der Waals surface area contributed by atoms with Gasteiger partial charge in [-0.2, -0.15) is 5.10 Å². The normalized spacial score (nSPS) is 15.3. The number of rotatable bonds is 2. The summed E-state index contributed by atoms with van der Waals surface area (Å²) in [6.45, 7) is 0. The van der Waals surface area contributed by atoms with Gasteiger partial charge in [0.15, 0.2) is 5.82 Å². The summed E-state index contributed by atoms with van der Waals surface area (Å²) < 4.78 is 0. The van der Waals surface area contributed by atoms with Gasteiger partial charge < -0.3 is 15.0 Å². The Balaban J connectivity index is 0.000000134. The van der Waals surface area contributed by atoms with Crippen LogP contribution >= 0.6 is 0 Å². The number of H-pyrrole nitrogens is 3. The van der Waals surface area contributed by atoms with E-state index >= 15 is 0 Å². The molecule has 9 heteroatoms. The number of aryl methyl sites for hydroxylation is 2. The van der Waals surface area contributed by atoms with Crippen LogP contribution in [0.25, 0.3) is 11.0 Å². The first kappa shape index (κ1) is 17.2. The van der Waals surface area contributed by atoms with Gasteiger partial charge in [-0.1, -0.05) is 0 Å². The molecule has 9 nitrogen and oxygen atoms in total. The Morgan fingerprint density at radius 3 is 2.59 bits per heavy atom. The van der Waals surface area contributed by atoms with Crippen molar-refractivity contribution in [2.24, 2.45) is 5.10 Å². The van der Waals surface area contributed by atoms with Crippen LogP contribution in [0.15, 0.2) is 33.4 Å². The Hall–Kier alpha value is -3.23. The van der Waals surface area contributed by atoms with Crippen molar-refractivity contribution in [2.45, 2.75) is 44.9 Å². The van der Waals surface area contributed by atoms with Crippen LogP contribution in [0.5, 0.6) is 0 Å². The second-order valence-corrected chi connectivity index (χ2v) is 6.68. The van der Waals surface area contributed by atoms with E-state index in [1.165, 1.54) is 42.8 Å². The van der Waals surface area contributed by atoms with Gasteiger partial charge in [-0.05, 0) is 50.5 Å². The summed E-state index contributed by atoms with van der Waals surface area (Å²) in [5.74, 6) is 0.494. The Morgan fingerprint density at radius 1 is 0.963 bits per heavy atom. The molecule has 140 valence electrons. The molecule has 2 aliphatic rings. The zero-order valence-electron chi connectivity index (χ0n) is 14.8. The highest BCUT2D eigenvalue weighted by Gasteiger charge is 2.19. The van der Waals surface area contributed by atoms with Crippen LogP contribution in [-0.2, 0) is 12.8 Å². The van der Waals surface area contributed by atoms with Gasteiger partial charge in [-0.15, -0.1) is 0 Å². The predicted octanol–water partition coefficient (Wildman–Crippen LogP) is 1.85. The molecule has 0 saturated heterocycles. The van der Waals surface area contributed by atoms with E-state index in [2.05, 4.69) is 35.4 Å². The van der Waals surface area contributed by atoms with E-state index in [-0.39, 0.29) is 11.1 Å². The second kappa shape index (κ2) is 7.56. The third kappa shape index (κ3) is 3.81. The van der Waals surface area contributed by atoms with Crippen molar-refractivity contribution in [1.82, 2.24) is 24.9 Å².